The molecule has 0 amide bonds. The molecule has 0 aliphatic carbocycles. The highest BCUT2D eigenvalue weighted by atomic mass is 19.1. The van der Waals surface area contributed by atoms with Crippen molar-refractivity contribution in [1.29, 1.82) is 0 Å². The van der Waals surface area contributed by atoms with Crippen LogP contribution in [0.1, 0.15) is 0 Å². The minimum atomic E-state index is -0.581. The molecule has 4 heteroatoms. The lowest BCUT2D eigenvalue weighted by molar-refractivity contribution is 0.584. The molecule has 0 N–H and O–H groups in total. The van der Waals surface area contributed by atoms with Crippen LogP contribution < -0.4 is 0 Å². The van der Waals surface area contributed by atoms with E-state index in [0.717, 1.165) is 61.3 Å². The third-order valence-corrected chi connectivity index (χ3v) is 7.01. The second-order valence-electron chi connectivity index (χ2n) is 9.58. The van der Waals surface area contributed by atoms with Crippen LogP contribution in [-0.2, 0) is 0 Å². The molecule has 0 saturated heterocycles. The first-order chi connectivity index (χ1) is 19.1. The zero-order valence-corrected chi connectivity index (χ0v) is 20.7. The Labute approximate surface area is 223 Å². The maximum Gasteiger partial charge on any atom is 0.227 e. The molecular weight excluding hydrogens is 488 g/mol. The predicted molar refractivity (Wildman–Crippen MR) is 153 cm³/mol. The third-order valence-electron chi connectivity index (χ3n) is 7.01. The number of nitrogens with zero attached hydrogens (tertiary/aromatic N) is 1. The number of fused-ring (bicyclic) bond motifs is 2. The van der Waals surface area contributed by atoms with Crippen LogP contribution >= 0.6 is 0 Å². The molecule has 0 fully saturated rings. The molecule has 1 heterocycles. The van der Waals surface area contributed by atoms with Crippen LogP contribution in [0.3, 0.4) is 0 Å². The summed E-state index contributed by atoms with van der Waals surface area (Å²) in [6.07, 6.45) is 0. The molecule has 0 saturated carbocycles. The average Bonchev–Trinajstić information content (AvgIpc) is 3.41. The normalized spacial score (nSPS) is 11.3. The van der Waals surface area contributed by atoms with Gasteiger partial charge in [0.15, 0.2) is 5.58 Å². The molecule has 0 spiro atoms. The van der Waals surface area contributed by atoms with Gasteiger partial charge in [0, 0.05) is 11.6 Å². The summed E-state index contributed by atoms with van der Waals surface area (Å²) >= 11 is 0. The molecule has 186 valence electrons. The summed E-state index contributed by atoms with van der Waals surface area (Å²) in [5.41, 5.74) is 8.22. The van der Waals surface area contributed by atoms with E-state index in [4.69, 9.17) is 4.42 Å². The Morgan fingerprint density at radius 2 is 0.923 bits per heavy atom. The lowest BCUT2D eigenvalue weighted by Crippen LogP contribution is -1.85. The fourth-order valence-electron chi connectivity index (χ4n) is 4.98. The van der Waals surface area contributed by atoms with Crippen LogP contribution in [-0.4, -0.2) is 4.98 Å². The number of oxazole rings is 1. The van der Waals surface area contributed by atoms with Gasteiger partial charge in [-0.05, 0) is 92.7 Å². The van der Waals surface area contributed by atoms with Crippen molar-refractivity contribution in [2.75, 3.05) is 0 Å². The summed E-state index contributed by atoms with van der Waals surface area (Å²) in [6.45, 7) is 0. The van der Waals surface area contributed by atoms with E-state index < -0.39 is 11.6 Å². The minimum Gasteiger partial charge on any atom is -0.436 e. The van der Waals surface area contributed by atoms with Gasteiger partial charge < -0.3 is 4.42 Å². The summed E-state index contributed by atoms with van der Waals surface area (Å²) in [6, 6.07) is 40.1. The van der Waals surface area contributed by atoms with Crippen molar-refractivity contribution >= 4 is 21.9 Å². The maximum absolute atomic E-state index is 13.6. The van der Waals surface area contributed by atoms with Crippen LogP contribution in [0, 0.1) is 11.6 Å². The standard InChI is InChI=1S/C35H21F2NO/c36-31-19-30(20-32(37)21-31)24-7-5-22(6-8-24)26-13-15-29-18-27(14-16-28(29)17-26)23-9-11-25(12-10-23)35-38-33-3-1-2-4-34(33)39-35/h1-21H. The highest BCUT2D eigenvalue weighted by Gasteiger charge is 2.09. The topological polar surface area (TPSA) is 26.0 Å². The number of benzene rings is 6. The molecule has 2 nitrogen and oxygen atoms in total. The quantitative estimate of drug-likeness (QED) is 0.236. The fourth-order valence-corrected chi connectivity index (χ4v) is 4.98. The first kappa shape index (κ1) is 23.1. The number of hydrogen-bond donors (Lipinski definition) is 0. The fraction of sp³-hybridized carbons (Fsp3) is 0. The van der Waals surface area contributed by atoms with Crippen LogP contribution in [0.5, 0.6) is 0 Å². The molecule has 0 aliphatic heterocycles. The second kappa shape index (κ2) is 9.34. The van der Waals surface area contributed by atoms with E-state index in [1.807, 2.05) is 60.7 Å². The van der Waals surface area contributed by atoms with Crippen LogP contribution in [0.4, 0.5) is 8.78 Å². The zero-order chi connectivity index (χ0) is 26.3. The zero-order valence-electron chi connectivity index (χ0n) is 20.7. The van der Waals surface area contributed by atoms with Gasteiger partial charge in [-0.2, -0.15) is 0 Å². The Hall–Kier alpha value is -5.09. The van der Waals surface area contributed by atoms with Crippen molar-refractivity contribution < 1.29 is 13.2 Å². The van der Waals surface area contributed by atoms with Gasteiger partial charge in [-0.15, -0.1) is 0 Å². The van der Waals surface area contributed by atoms with Crippen LogP contribution in [0.15, 0.2) is 132 Å². The van der Waals surface area contributed by atoms with E-state index in [1.165, 1.54) is 12.1 Å². The maximum atomic E-state index is 13.6. The molecule has 7 aromatic rings. The van der Waals surface area contributed by atoms with Gasteiger partial charge in [0.1, 0.15) is 17.2 Å². The molecule has 0 atom stereocenters. The molecule has 0 aliphatic rings. The van der Waals surface area contributed by atoms with Gasteiger partial charge in [0.05, 0.1) is 0 Å². The number of halogens is 2. The Bertz CT molecular complexity index is 1920. The summed E-state index contributed by atoms with van der Waals surface area (Å²) in [4.78, 5) is 4.59. The van der Waals surface area contributed by atoms with Gasteiger partial charge in [-0.1, -0.05) is 72.8 Å². The highest BCUT2D eigenvalue weighted by Crippen LogP contribution is 2.32. The van der Waals surface area contributed by atoms with Gasteiger partial charge in [-0.3, -0.25) is 0 Å². The molecule has 0 unspecified atom stereocenters. The number of rotatable bonds is 4. The molecule has 0 bridgehead atoms. The molecule has 0 radical (unpaired) electrons. The summed E-state index contributed by atoms with van der Waals surface area (Å²) in [5.74, 6) is -0.547. The van der Waals surface area contributed by atoms with E-state index in [0.29, 0.717) is 11.5 Å². The smallest absolute Gasteiger partial charge is 0.227 e. The number of aromatic nitrogens is 1. The van der Waals surface area contributed by atoms with E-state index in [-0.39, 0.29) is 0 Å². The Morgan fingerprint density at radius 1 is 0.436 bits per heavy atom. The predicted octanol–water partition coefficient (Wildman–Crippen LogP) is 9.93. The van der Waals surface area contributed by atoms with Crippen LogP contribution in [0.2, 0.25) is 0 Å². The van der Waals surface area contributed by atoms with Crippen molar-refractivity contribution in [2.24, 2.45) is 0 Å². The van der Waals surface area contributed by atoms with Gasteiger partial charge in [-0.25, -0.2) is 13.8 Å². The molecule has 39 heavy (non-hydrogen) atoms. The lowest BCUT2D eigenvalue weighted by Gasteiger charge is -2.09. The number of para-hydroxylation sites is 2. The molecule has 6 aromatic carbocycles. The highest BCUT2D eigenvalue weighted by molar-refractivity contribution is 5.91. The Balaban J connectivity index is 1.14. The minimum absolute atomic E-state index is 0.520. The van der Waals surface area contributed by atoms with Gasteiger partial charge >= 0.3 is 0 Å². The van der Waals surface area contributed by atoms with E-state index in [1.54, 1.807) is 0 Å². The SMILES string of the molecule is Fc1cc(F)cc(-c2ccc(-c3ccc4cc(-c5ccc(-c6nc7ccccc7o6)cc5)ccc4c3)cc2)c1. The van der Waals surface area contributed by atoms with Crippen molar-refractivity contribution in [2.45, 2.75) is 0 Å². The van der Waals surface area contributed by atoms with E-state index >= 15 is 0 Å². The lowest BCUT2D eigenvalue weighted by atomic mass is 9.96. The first-order valence-electron chi connectivity index (χ1n) is 12.7. The molecule has 7 rings (SSSR count). The Morgan fingerprint density at radius 3 is 1.49 bits per heavy atom. The number of hydrogen-bond acceptors (Lipinski definition) is 2. The second-order valence-corrected chi connectivity index (χ2v) is 9.58. The summed E-state index contributed by atoms with van der Waals surface area (Å²) in [7, 11) is 0. The van der Waals surface area contributed by atoms with Crippen LogP contribution in [0.25, 0.3) is 66.7 Å². The Kier molecular flexibility index (Phi) is 5.52. The van der Waals surface area contributed by atoms with Crippen molar-refractivity contribution in [3.63, 3.8) is 0 Å². The van der Waals surface area contributed by atoms with Gasteiger partial charge in [0.25, 0.3) is 0 Å². The largest absolute Gasteiger partial charge is 0.436 e. The van der Waals surface area contributed by atoms with Crippen molar-refractivity contribution in [3.05, 3.63) is 139 Å². The average molecular weight is 510 g/mol. The third kappa shape index (κ3) is 4.47. The first-order valence-corrected chi connectivity index (χ1v) is 12.7. The van der Waals surface area contributed by atoms with Crippen molar-refractivity contribution in [3.8, 4) is 44.8 Å². The van der Waals surface area contributed by atoms with Crippen molar-refractivity contribution in [1.82, 2.24) is 4.98 Å². The van der Waals surface area contributed by atoms with E-state index in [2.05, 4.69) is 53.5 Å². The summed E-state index contributed by atoms with van der Waals surface area (Å²) in [5, 5.41) is 2.28. The summed E-state index contributed by atoms with van der Waals surface area (Å²) < 4.78 is 33.1. The van der Waals surface area contributed by atoms with Gasteiger partial charge in [0.2, 0.25) is 5.89 Å². The van der Waals surface area contributed by atoms with E-state index in [9.17, 15) is 8.78 Å². The molecular formula is C35H21F2NO. The monoisotopic (exact) mass is 509 g/mol. The molecule has 1 aromatic heterocycles.